The van der Waals surface area contributed by atoms with Gasteiger partial charge in [0.25, 0.3) is 0 Å². The third-order valence-electron chi connectivity index (χ3n) is 3.26. The first-order chi connectivity index (χ1) is 9.81. The van der Waals surface area contributed by atoms with Crippen molar-refractivity contribution in [3.8, 4) is 11.5 Å². The van der Waals surface area contributed by atoms with Crippen molar-refractivity contribution in [1.82, 2.24) is 5.32 Å². The normalized spacial score (nSPS) is 10.5. The van der Waals surface area contributed by atoms with Crippen LogP contribution < -0.4 is 10.1 Å². The molecule has 0 saturated heterocycles. The molecular formula is C18H23NO. The summed E-state index contributed by atoms with van der Waals surface area (Å²) in [6.07, 6.45) is 3.62. The van der Waals surface area contributed by atoms with Crippen molar-refractivity contribution in [2.45, 2.75) is 32.7 Å². The summed E-state index contributed by atoms with van der Waals surface area (Å²) in [6.45, 7) is 3.07. The molecule has 2 rings (SSSR count). The Kier molecular flexibility index (Phi) is 5.63. The van der Waals surface area contributed by atoms with Crippen LogP contribution in [0.25, 0.3) is 0 Å². The molecule has 0 aliphatic rings. The van der Waals surface area contributed by atoms with Crippen LogP contribution in [0.15, 0.2) is 48.5 Å². The molecule has 0 spiro atoms. The fraction of sp³-hybridized carbons (Fsp3) is 0.333. The molecule has 0 radical (unpaired) electrons. The number of hydrogen-bond acceptors (Lipinski definition) is 2. The predicted octanol–water partition coefficient (Wildman–Crippen LogP) is 4.54. The van der Waals surface area contributed by atoms with Crippen LogP contribution in [-0.4, -0.2) is 7.05 Å². The molecule has 0 atom stereocenters. The Morgan fingerprint density at radius 1 is 0.950 bits per heavy atom. The van der Waals surface area contributed by atoms with Crippen molar-refractivity contribution in [3.05, 3.63) is 59.7 Å². The van der Waals surface area contributed by atoms with Crippen LogP contribution in [0.2, 0.25) is 0 Å². The molecule has 0 aliphatic heterocycles. The lowest BCUT2D eigenvalue weighted by Crippen LogP contribution is -2.04. The fourth-order valence-electron chi connectivity index (χ4n) is 2.16. The van der Waals surface area contributed by atoms with Crippen LogP contribution in [0.4, 0.5) is 0 Å². The van der Waals surface area contributed by atoms with Crippen LogP contribution in [-0.2, 0) is 13.0 Å². The number of benzene rings is 2. The van der Waals surface area contributed by atoms with E-state index in [4.69, 9.17) is 4.74 Å². The molecular weight excluding hydrogens is 246 g/mol. The highest BCUT2D eigenvalue weighted by atomic mass is 16.5. The van der Waals surface area contributed by atoms with Gasteiger partial charge >= 0.3 is 0 Å². The van der Waals surface area contributed by atoms with Gasteiger partial charge in [-0.3, -0.25) is 0 Å². The molecule has 0 heterocycles. The Balaban J connectivity index is 2.00. The van der Waals surface area contributed by atoms with E-state index in [1.165, 1.54) is 24.0 Å². The molecule has 2 aromatic carbocycles. The zero-order valence-corrected chi connectivity index (χ0v) is 12.4. The monoisotopic (exact) mass is 269 g/mol. The summed E-state index contributed by atoms with van der Waals surface area (Å²) in [5.41, 5.74) is 2.60. The Morgan fingerprint density at radius 2 is 1.75 bits per heavy atom. The van der Waals surface area contributed by atoms with Gasteiger partial charge < -0.3 is 10.1 Å². The first-order valence-electron chi connectivity index (χ1n) is 7.32. The molecule has 1 N–H and O–H groups in total. The first-order valence-corrected chi connectivity index (χ1v) is 7.32. The number of ether oxygens (including phenoxy) is 1. The van der Waals surface area contributed by atoms with Crippen LogP contribution in [0.3, 0.4) is 0 Å². The third-order valence-corrected chi connectivity index (χ3v) is 3.26. The molecule has 0 saturated carbocycles. The third kappa shape index (κ3) is 4.39. The number of aryl methyl sites for hydroxylation is 1. The molecule has 0 amide bonds. The first kappa shape index (κ1) is 14.6. The number of hydrogen-bond donors (Lipinski definition) is 1. The van der Waals surface area contributed by atoms with E-state index in [1.54, 1.807) is 0 Å². The summed E-state index contributed by atoms with van der Waals surface area (Å²) < 4.78 is 5.90. The Labute approximate surface area is 121 Å². The summed E-state index contributed by atoms with van der Waals surface area (Å²) in [7, 11) is 1.95. The topological polar surface area (TPSA) is 21.3 Å². The summed E-state index contributed by atoms with van der Waals surface area (Å²) in [5.74, 6) is 1.78. The van der Waals surface area contributed by atoms with Crippen molar-refractivity contribution in [3.63, 3.8) is 0 Å². The molecule has 2 aromatic rings. The molecule has 2 heteroatoms. The van der Waals surface area contributed by atoms with Gasteiger partial charge in [-0.1, -0.05) is 37.6 Å². The Morgan fingerprint density at radius 3 is 2.45 bits per heavy atom. The highest BCUT2D eigenvalue weighted by Gasteiger charge is 1.99. The van der Waals surface area contributed by atoms with Crippen LogP contribution in [0, 0.1) is 0 Å². The van der Waals surface area contributed by atoms with Gasteiger partial charge in [0.05, 0.1) is 0 Å². The van der Waals surface area contributed by atoms with E-state index < -0.39 is 0 Å². The smallest absolute Gasteiger partial charge is 0.127 e. The molecule has 2 nitrogen and oxygen atoms in total. The fourth-order valence-corrected chi connectivity index (χ4v) is 2.16. The van der Waals surface area contributed by atoms with Crippen LogP contribution in [0.1, 0.15) is 30.9 Å². The van der Waals surface area contributed by atoms with Crippen molar-refractivity contribution in [2.75, 3.05) is 7.05 Å². The van der Waals surface area contributed by atoms with Gasteiger partial charge in [0.2, 0.25) is 0 Å². The molecule has 0 unspecified atom stereocenters. The van der Waals surface area contributed by atoms with Gasteiger partial charge in [-0.15, -0.1) is 0 Å². The maximum absolute atomic E-state index is 5.90. The predicted molar refractivity (Wildman–Crippen MR) is 84.3 cm³/mol. The van der Waals surface area contributed by atoms with Crippen molar-refractivity contribution in [1.29, 1.82) is 0 Å². The van der Waals surface area contributed by atoms with Gasteiger partial charge in [-0.05, 0) is 55.3 Å². The molecule has 0 fully saturated rings. The molecule has 0 aromatic heterocycles. The van der Waals surface area contributed by atoms with E-state index in [0.29, 0.717) is 0 Å². The van der Waals surface area contributed by atoms with E-state index in [0.717, 1.165) is 24.5 Å². The van der Waals surface area contributed by atoms with E-state index in [2.05, 4.69) is 48.6 Å². The van der Waals surface area contributed by atoms with Gasteiger partial charge in [-0.25, -0.2) is 0 Å². The lowest BCUT2D eigenvalue weighted by atomic mass is 10.1. The minimum atomic E-state index is 0.854. The number of nitrogens with one attached hydrogen (secondary N) is 1. The standard InChI is InChI=1S/C18H23NO/c1-3-4-6-15-9-11-17(12-10-15)20-18-8-5-7-16(13-18)14-19-2/h5,7-13,19H,3-4,6,14H2,1-2H3. The molecule has 20 heavy (non-hydrogen) atoms. The average Bonchev–Trinajstić information content (AvgIpc) is 2.47. The lowest BCUT2D eigenvalue weighted by molar-refractivity contribution is 0.481. The second kappa shape index (κ2) is 7.71. The molecule has 0 aliphatic carbocycles. The minimum absolute atomic E-state index is 0.854. The Bertz CT molecular complexity index is 519. The van der Waals surface area contributed by atoms with Gasteiger partial charge in [0, 0.05) is 6.54 Å². The zero-order valence-electron chi connectivity index (χ0n) is 12.4. The highest BCUT2D eigenvalue weighted by molar-refractivity contribution is 5.35. The van der Waals surface area contributed by atoms with E-state index in [1.807, 2.05) is 19.2 Å². The summed E-state index contributed by atoms with van der Waals surface area (Å²) >= 11 is 0. The maximum Gasteiger partial charge on any atom is 0.127 e. The number of rotatable bonds is 7. The van der Waals surface area contributed by atoms with Gasteiger partial charge in [0.15, 0.2) is 0 Å². The van der Waals surface area contributed by atoms with E-state index in [-0.39, 0.29) is 0 Å². The summed E-state index contributed by atoms with van der Waals surface area (Å²) in [4.78, 5) is 0. The van der Waals surface area contributed by atoms with Crippen molar-refractivity contribution in [2.24, 2.45) is 0 Å². The average molecular weight is 269 g/mol. The lowest BCUT2D eigenvalue weighted by Gasteiger charge is -2.08. The zero-order chi connectivity index (χ0) is 14.2. The maximum atomic E-state index is 5.90. The van der Waals surface area contributed by atoms with Gasteiger partial charge in [0.1, 0.15) is 11.5 Å². The molecule has 0 bridgehead atoms. The highest BCUT2D eigenvalue weighted by Crippen LogP contribution is 2.23. The second-order valence-corrected chi connectivity index (χ2v) is 5.03. The quantitative estimate of drug-likeness (QED) is 0.796. The second-order valence-electron chi connectivity index (χ2n) is 5.03. The minimum Gasteiger partial charge on any atom is -0.457 e. The Hall–Kier alpha value is -1.80. The SMILES string of the molecule is CCCCc1ccc(Oc2cccc(CNC)c2)cc1. The number of unbranched alkanes of at least 4 members (excludes halogenated alkanes) is 1. The molecule has 106 valence electrons. The van der Waals surface area contributed by atoms with Crippen molar-refractivity contribution < 1.29 is 4.74 Å². The van der Waals surface area contributed by atoms with Crippen LogP contribution >= 0.6 is 0 Å². The largest absolute Gasteiger partial charge is 0.457 e. The summed E-state index contributed by atoms with van der Waals surface area (Å²) in [5, 5.41) is 3.15. The van der Waals surface area contributed by atoms with Crippen molar-refractivity contribution >= 4 is 0 Å². The summed E-state index contributed by atoms with van der Waals surface area (Å²) in [6, 6.07) is 16.6. The van der Waals surface area contributed by atoms with Gasteiger partial charge in [-0.2, -0.15) is 0 Å². The van der Waals surface area contributed by atoms with E-state index in [9.17, 15) is 0 Å². The van der Waals surface area contributed by atoms with Crippen LogP contribution in [0.5, 0.6) is 11.5 Å². The van der Waals surface area contributed by atoms with E-state index >= 15 is 0 Å².